The predicted molar refractivity (Wildman–Crippen MR) is 83.4 cm³/mol. The highest BCUT2D eigenvalue weighted by atomic mass is 35.5. The third kappa shape index (κ3) is 3.26. The summed E-state index contributed by atoms with van der Waals surface area (Å²) in [5.41, 5.74) is 1.18. The molecule has 2 atom stereocenters. The molecule has 3 rings (SSSR count). The van der Waals surface area contributed by atoms with Crippen LogP contribution < -0.4 is 0 Å². The number of likely N-dealkylation sites (tertiary alicyclic amines) is 1. The zero-order valence-electron chi connectivity index (χ0n) is 11.8. The van der Waals surface area contributed by atoms with Gasteiger partial charge in [-0.05, 0) is 43.5 Å². The van der Waals surface area contributed by atoms with Gasteiger partial charge in [-0.25, -0.2) is 8.42 Å². The Morgan fingerprint density at radius 2 is 1.81 bits per heavy atom. The van der Waals surface area contributed by atoms with Crippen molar-refractivity contribution in [2.75, 3.05) is 24.6 Å². The van der Waals surface area contributed by atoms with E-state index in [4.69, 9.17) is 11.6 Å². The summed E-state index contributed by atoms with van der Waals surface area (Å²) in [5.74, 6) is 0.414. The maximum atomic E-state index is 11.6. The van der Waals surface area contributed by atoms with Crippen molar-refractivity contribution in [2.24, 2.45) is 0 Å². The number of nitrogens with zero attached hydrogens (tertiary/aromatic N) is 1. The van der Waals surface area contributed by atoms with E-state index in [1.165, 1.54) is 5.56 Å². The van der Waals surface area contributed by atoms with Crippen LogP contribution in [0.4, 0.5) is 0 Å². The molecular weight excluding hydrogens is 310 g/mol. The highest BCUT2D eigenvalue weighted by Gasteiger charge is 2.41. The predicted octanol–water partition coefficient (Wildman–Crippen LogP) is 1.68. The van der Waals surface area contributed by atoms with Crippen molar-refractivity contribution in [1.29, 1.82) is 0 Å². The summed E-state index contributed by atoms with van der Waals surface area (Å²) in [6, 6.07) is 7.68. The lowest BCUT2D eigenvalue weighted by atomic mass is 9.88. The highest BCUT2D eigenvalue weighted by molar-refractivity contribution is 7.91. The molecule has 0 unspecified atom stereocenters. The fourth-order valence-electron chi connectivity index (χ4n) is 3.51. The van der Waals surface area contributed by atoms with Gasteiger partial charge in [0.05, 0.1) is 23.7 Å². The number of piperidine rings is 1. The Balaban J connectivity index is 1.65. The molecule has 1 aromatic carbocycles. The SMILES string of the molecule is O=S1(=O)C[C@H](O)[C@@H](N2CCC(c3ccccc3Cl)CC2)C1. The number of rotatable bonds is 2. The van der Waals surface area contributed by atoms with Gasteiger partial charge in [0.25, 0.3) is 0 Å². The van der Waals surface area contributed by atoms with E-state index in [1.807, 2.05) is 18.2 Å². The number of sulfone groups is 1. The molecule has 2 aliphatic rings. The monoisotopic (exact) mass is 329 g/mol. The van der Waals surface area contributed by atoms with Crippen molar-refractivity contribution >= 4 is 21.4 Å². The van der Waals surface area contributed by atoms with Gasteiger partial charge in [0.1, 0.15) is 0 Å². The molecular formula is C15H20ClNO3S. The largest absolute Gasteiger partial charge is 0.390 e. The average molecular weight is 330 g/mol. The first-order valence-corrected chi connectivity index (χ1v) is 9.53. The van der Waals surface area contributed by atoms with Crippen LogP contribution in [-0.4, -0.2) is 55.2 Å². The van der Waals surface area contributed by atoms with Crippen LogP contribution in [0.5, 0.6) is 0 Å². The first-order valence-electron chi connectivity index (χ1n) is 7.33. The molecule has 2 heterocycles. The minimum absolute atomic E-state index is 0.0882. The molecule has 116 valence electrons. The molecule has 0 amide bonds. The third-order valence-corrected chi connectivity index (χ3v) is 6.68. The van der Waals surface area contributed by atoms with E-state index in [0.717, 1.165) is 31.0 Å². The van der Waals surface area contributed by atoms with Crippen molar-refractivity contribution in [3.63, 3.8) is 0 Å². The van der Waals surface area contributed by atoms with E-state index in [0.29, 0.717) is 5.92 Å². The summed E-state index contributed by atoms with van der Waals surface area (Å²) in [7, 11) is -3.08. The van der Waals surface area contributed by atoms with E-state index in [1.54, 1.807) is 0 Å². The smallest absolute Gasteiger partial charge is 0.154 e. The Kier molecular flexibility index (Phi) is 4.28. The number of benzene rings is 1. The highest BCUT2D eigenvalue weighted by Crippen LogP contribution is 2.34. The number of hydrogen-bond donors (Lipinski definition) is 1. The van der Waals surface area contributed by atoms with Gasteiger partial charge in [0.15, 0.2) is 9.84 Å². The van der Waals surface area contributed by atoms with Crippen LogP contribution in [0.15, 0.2) is 24.3 Å². The topological polar surface area (TPSA) is 57.6 Å². The molecule has 0 saturated carbocycles. The van der Waals surface area contributed by atoms with Gasteiger partial charge in [0, 0.05) is 5.02 Å². The molecule has 0 radical (unpaired) electrons. The van der Waals surface area contributed by atoms with Crippen molar-refractivity contribution < 1.29 is 13.5 Å². The van der Waals surface area contributed by atoms with Crippen molar-refractivity contribution in [3.8, 4) is 0 Å². The van der Waals surface area contributed by atoms with Gasteiger partial charge in [0.2, 0.25) is 0 Å². The molecule has 4 nitrogen and oxygen atoms in total. The minimum atomic E-state index is -3.08. The second-order valence-corrected chi connectivity index (χ2v) is 8.60. The molecule has 0 aromatic heterocycles. The molecule has 6 heteroatoms. The maximum absolute atomic E-state index is 11.6. The fourth-order valence-corrected chi connectivity index (χ4v) is 5.63. The van der Waals surface area contributed by atoms with Gasteiger partial charge in [-0.15, -0.1) is 0 Å². The first-order chi connectivity index (χ1) is 9.96. The second-order valence-electron chi connectivity index (χ2n) is 6.04. The quantitative estimate of drug-likeness (QED) is 0.897. The van der Waals surface area contributed by atoms with Crippen LogP contribution in [0, 0.1) is 0 Å². The zero-order valence-corrected chi connectivity index (χ0v) is 13.4. The molecule has 2 aliphatic heterocycles. The molecule has 2 fully saturated rings. The summed E-state index contributed by atoms with van der Waals surface area (Å²) in [6.45, 7) is 1.63. The average Bonchev–Trinajstić information content (AvgIpc) is 2.73. The molecule has 0 bridgehead atoms. The number of aliphatic hydroxyl groups is 1. The van der Waals surface area contributed by atoms with Gasteiger partial charge in [-0.1, -0.05) is 29.8 Å². The van der Waals surface area contributed by atoms with E-state index >= 15 is 0 Å². The Morgan fingerprint density at radius 3 is 2.38 bits per heavy atom. The normalized spacial score (nSPS) is 30.6. The van der Waals surface area contributed by atoms with Gasteiger partial charge >= 0.3 is 0 Å². The molecule has 21 heavy (non-hydrogen) atoms. The van der Waals surface area contributed by atoms with Crippen LogP contribution in [-0.2, 0) is 9.84 Å². The lowest BCUT2D eigenvalue weighted by molar-refractivity contribution is 0.0664. The molecule has 0 aliphatic carbocycles. The minimum Gasteiger partial charge on any atom is -0.390 e. The van der Waals surface area contributed by atoms with E-state index in [2.05, 4.69) is 11.0 Å². The van der Waals surface area contributed by atoms with Crippen molar-refractivity contribution in [3.05, 3.63) is 34.9 Å². The number of hydrogen-bond acceptors (Lipinski definition) is 4. The maximum Gasteiger partial charge on any atom is 0.154 e. The van der Waals surface area contributed by atoms with E-state index < -0.39 is 15.9 Å². The lowest BCUT2D eigenvalue weighted by Gasteiger charge is -2.37. The van der Waals surface area contributed by atoms with Crippen LogP contribution >= 0.6 is 11.6 Å². The summed E-state index contributed by atoms with van der Waals surface area (Å²) < 4.78 is 23.2. The van der Waals surface area contributed by atoms with Gasteiger partial charge in [-0.3, -0.25) is 4.90 Å². The molecule has 0 spiro atoms. The van der Waals surface area contributed by atoms with Crippen LogP contribution in [0.3, 0.4) is 0 Å². The Labute approximate surface area is 130 Å². The second kappa shape index (κ2) is 5.88. The van der Waals surface area contributed by atoms with Crippen molar-refractivity contribution in [1.82, 2.24) is 4.90 Å². The van der Waals surface area contributed by atoms with Gasteiger partial charge in [-0.2, -0.15) is 0 Å². The Bertz CT molecular complexity index is 611. The zero-order chi connectivity index (χ0) is 15.0. The van der Waals surface area contributed by atoms with E-state index in [-0.39, 0.29) is 17.5 Å². The standard InChI is InChI=1S/C15H20ClNO3S/c16-13-4-2-1-3-12(13)11-5-7-17(8-6-11)14-9-21(19,20)10-15(14)18/h1-4,11,14-15,18H,5-10H2/t14-,15-/m0/s1. The fraction of sp³-hybridized carbons (Fsp3) is 0.600. The summed E-state index contributed by atoms with van der Waals surface area (Å²) >= 11 is 6.25. The van der Waals surface area contributed by atoms with Gasteiger partial charge < -0.3 is 5.11 Å². The molecule has 1 aromatic rings. The first kappa shape index (κ1) is 15.3. The summed E-state index contributed by atoms with van der Waals surface area (Å²) in [6.07, 6.45) is 1.16. The molecule has 1 N–H and O–H groups in total. The van der Waals surface area contributed by atoms with Crippen LogP contribution in [0.2, 0.25) is 5.02 Å². The summed E-state index contributed by atoms with van der Waals surface area (Å²) in [4.78, 5) is 2.13. The Hall–Kier alpha value is -0.620. The van der Waals surface area contributed by atoms with Crippen LogP contribution in [0.1, 0.15) is 24.3 Å². The van der Waals surface area contributed by atoms with Crippen LogP contribution in [0.25, 0.3) is 0 Å². The summed E-state index contributed by atoms with van der Waals surface area (Å²) in [5, 5.41) is 10.8. The van der Waals surface area contributed by atoms with Crippen molar-refractivity contribution in [2.45, 2.75) is 30.9 Å². The number of aliphatic hydroxyl groups excluding tert-OH is 1. The Morgan fingerprint density at radius 1 is 1.14 bits per heavy atom. The third-order valence-electron chi connectivity index (χ3n) is 4.64. The molecule has 2 saturated heterocycles. The number of halogens is 1. The lowest BCUT2D eigenvalue weighted by Crippen LogP contribution is -2.46. The van der Waals surface area contributed by atoms with E-state index in [9.17, 15) is 13.5 Å².